The maximum Gasteiger partial charge on any atom is 0.329 e. The Kier molecular flexibility index (Phi) is 4.80. The number of piperazine rings is 1. The lowest BCUT2D eigenvalue weighted by Crippen LogP contribution is -3.16. The molecule has 1 saturated carbocycles. The second-order valence-electron chi connectivity index (χ2n) is 7.68. The third kappa shape index (κ3) is 3.28. The number of amides is 3. The number of nitrogens with one attached hydrogen (secondary N) is 2. The SMILES string of the molecule is O=C1NC2(CCCCC2)C(=O)N1C[NH+]1CCN(c2cccc(Cl)c2)CC1. The molecule has 0 atom stereocenters. The maximum absolute atomic E-state index is 12.9. The number of rotatable bonds is 3. The Balaban J connectivity index is 1.35. The van der Waals surface area contributed by atoms with Gasteiger partial charge in [0.25, 0.3) is 5.91 Å². The molecule has 0 aromatic heterocycles. The monoisotopic (exact) mass is 377 g/mol. The van der Waals surface area contributed by atoms with E-state index in [0.29, 0.717) is 6.67 Å². The molecule has 0 unspecified atom stereocenters. The molecule has 1 aromatic rings. The zero-order chi connectivity index (χ0) is 18.1. The van der Waals surface area contributed by atoms with Crippen LogP contribution >= 0.6 is 11.6 Å². The third-order valence-electron chi connectivity index (χ3n) is 5.98. The van der Waals surface area contributed by atoms with Crippen molar-refractivity contribution in [3.05, 3.63) is 29.3 Å². The van der Waals surface area contributed by atoms with Gasteiger partial charge in [0.05, 0.1) is 26.2 Å². The van der Waals surface area contributed by atoms with Gasteiger partial charge in [-0.1, -0.05) is 36.9 Å². The number of halogens is 1. The highest BCUT2D eigenvalue weighted by Crippen LogP contribution is 2.33. The van der Waals surface area contributed by atoms with Gasteiger partial charge >= 0.3 is 6.03 Å². The zero-order valence-electron chi connectivity index (χ0n) is 15.0. The quantitative estimate of drug-likeness (QED) is 0.780. The van der Waals surface area contributed by atoms with E-state index in [1.165, 1.54) is 9.80 Å². The van der Waals surface area contributed by atoms with Crippen LogP contribution in [-0.4, -0.2) is 55.2 Å². The summed E-state index contributed by atoms with van der Waals surface area (Å²) in [5, 5.41) is 3.74. The first kappa shape index (κ1) is 17.6. The van der Waals surface area contributed by atoms with Gasteiger partial charge in [0.2, 0.25) is 0 Å². The van der Waals surface area contributed by atoms with Gasteiger partial charge in [-0.25, -0.2) is 9.69 Å². The molecule has 0 radical (unpaired) electrons. The lowest BCUT2D eigenvalue weighted by molar-refractivity contribution is -0.907. The summed E-state index contributed by atoms with van der Waals surface area (Å²) < 4.78 is 0. The van der Waals surface area contributed by atoms with Crippen LogP contribution in [-0.2, 0) is 4.79 Å². The Bertz CT molecular complexity index is 697. The number of nitrogens with zero attached hydrogens (tertiary/aromatic N) is 2. The molecule has 6 nitrogen and oxygen atoms in total. The summed E-state index contributed by atoms with van der Waals surface area (Å²) in [6.07, 6.45) is 4.76. The number of hydrogen-bond acceptors (Lipinski definition) is 3. The summed E-state index contributed by atoms with van der Waals surface area (Å²) in [4.78, 5) is 30.3. The van der Waals surface area contributed by atoms with Crippen molar-refractivity contribution in [2.75, 3.05) is 37.7 Å². The van der Waals surface area contributed by atoms with Crippen molar-refractivity contribution in [2.45, 2.75) is 37.6 Å². The fraction of sp³-hybridized carbons (Fsp3) is 0.579. The van der Waals surface area contributed by atoms with Crippen LogP contribution in [0.25, 0.3) is 0 Å². The Morgan fingerprint density at radius 2 is 1.85 bits per heavy atom. The first-order chi connectivity index (χ1) is 12.6. The summed E-state index contributed by atoms with van der Waals surface area (Å²) >= 11 is 6.09. The molecule has 26 heavy (non-hydrogen) atoms. The van der Waals surface area contributed by atoms with E-state index >= 15 is 0 Å². The van der Waals surface area contributed by atoms with Crippen LogP contribution < -0.4 is 15.1 Å². The lowest BCUT2D eigenvalue weighted by Gasteiger charge is -2.35. The average Bonchev–Trinajstić information content (AvgIpc) is 2.87. The number of hydrogen-bond donors (Lipinski definition) is 2. The number of quaternary nitrogens is 1. The Morgan fingerprint density at radius 1 is 1.12 bits per heavy atom. The summed E-state index contributed by atoms with van der Waals surface area (Å²) in [6.45, 7) is 4.05. The van der Waals surface area contributed by atoms with Crippen molar-refractivity contribution in [1.29, 1.82) is 0 Å². The number of carbonyl (C=O) groups excluding carboxylic acids is 2. The van der Waals surface area contributed by atoms with E-state index in [0.717, 1.165) is 69.0 Å². The molecule has 2 N–H and O–H groups in total. The largest absolute Gasteiger partial charge is 0.360 e. The smallest absolute Gasteiger partial charge is 0.329 e. The van der Waals surface area contributed by atoms with Crippen molar-refractivity contribution in [3.63, 3.8) is 0 Å². The van der Waals surface area contributed by atoms with Gasteiger partial charge in [0.15, 0.2) is 6.67 Å². The van der Waals surface area contributed by atoms with E-state index < -0.39 is 5.54 Å². The van der Waals surface area contributed by atoms with Crippen LogP contribution in [0, 0.1) is 0 Å². The lowest BCUT2D eigenvalue weighted by atomic mass is 9.82. The van der Waals surface area contributed by atoms with E-state index in [4.69, 9.17) is 11.6 Å². The molecule has 2 aliphatic heterocycles. The minimum atomic E-state index is -0.614. The van der Waals surface area contributed by atoms with Gasteiger partial charge in [-0.05, 0) is 31.0 Å². The summed E-state index contributed by atoms with van der Waals surface area (Å²) in [5.74, 6) is -0.00743. The molecule has 3 aliphatic rings. The Hall–Kier alpha value is -1.79. The molecule has 1 spiro atoms. The van der Waals surface area contributed by atoms with Crippen LogP contribution in [0.1, 0.15) is 32.1 Å². The van der Waals surface area contributed by atoms with Gasteiger partial charge in [-0.2, -0.15) is 0 Å². The van der Waals surface area contributed by atoms with Crippen molar-refractivity contribution >= 4 is 29.2 Å². The Labute approximate surface area is 159 Å². The normalized spacial score (nSPS) is 23.6. The van der Waals surface area contributed by atoms with Gasteiger partial charge in [0.1, 0.15) is 5.54 Å². The van der Waals surface area contributed by atoms with E-state index in [1.54, 1.807) is 0 Å². The molecule has 2 heterocycles. The second kappa shape index (κ2) is 7.08. The number of carbonyl (C=O) groups is 2. The molecule has 0 bridgehead atoms. The number of urea groups is 1. The standard InChI is InChI=1S/C19H25ClN4O2/c20-15-5-4-6-16(13-15)23-11-9-22(10-12-23)14-24-17(25)19(21-18(24)26)7-2-1-3-8-19/h4-6,13H,1-3,7-12,14H2,(H,21,26)/p+1. The van der Waals surface area contributed by atoms with Crippen molar-refractivity contribution in [1.82, 2.24) is 10.2 Å². The third-order valence-corrected chi connectivity index (χ3v) is 6.21. The topological polar surface area (TPSA) is 57.1 Å². The number of benzene rings is 1. The zero-order valence-corrected chi connectivity index (χ0v) is 15.7. The molecular formula is C19H26ClN4O2+. The predicted molar refractivity (Wildman–Crippen MR) is 100 cm³/mol. The predicted octanol–water partition coefficient (Wildman–Crippen LogP) is 1.26. The van der Waals surface area contributed by atoms with Gasteiger partial charge < -0.3 is 15.1 Å². The fourth-order valence-corrected chi connectivity index (χ4v) is 4.63. The summed E-state index contributed by atoms with van der Waals surface area (Å²) in [7, 11) is 0. The molecule has 7 heteroatoms. The Morgan fingerprint density at radius 3 is 2.54 bits per heavy atom. The van der Waals surface area contributed by atoms with E-state index in [1.807, 2.05) is 18.2 Å². The maximum atomic E-state index is 12.9. The van der Waals surface area contributed by atoms with Gasteiger partial charge in [-0.3, -0.25) is 4.79 Å². The fourth-order valence-electron chi connectivity index (χ4n) is 4.45. The second-order valence-corrected chi connectivity index (χ2v) is 8.12. The number of anilines is 1. The average molecular weight is 378 g/mol. The summed E-state index contributed by atoms with van der Waals surface area (Å²) in [6, 6.07) is 7.69. The van der Waals surface area contributed by atoms with Gasteiger partial charge in [-0.15, -0.1) is 0 Å². The minimum absolute atomic E-state index is 0.00743. The van der Waals surface area contributed by atoms with E-state index in [-0.39, 0.29) is 11.9 Å². The van der Waals surface area contributed by atoms with Gasteiger partial charge in [0, 0.05) is 10.7 Å². The van der Waals surface area contributed by atoms with Crippen molar-refractivity contribution in [2.24, 2.45) is 0 Å². The molecular weight excluding hydrogens is 352 g/mol. The number of imide groups is 1. The molecule has 1 aliphatic carbocycles. The minimum Gasteiger partial charge on any atom is -0.360 e. The van der Waals surface area contributed by atoms with Crippen LogP contribution in [0.4, 0.5) is 10.5 Å². The van der Waals surface area contributed by atoms with Crippen molar-refractivity contribution < 1.29 is 14.5 Å². The molecule has 140 valence electrons. The first-order valence-electron chi connectivity index (χ1n) is 9.56. The van der Waals surface area contributed by atoms with Crippen LogP contribution in [0.2, 0.25) is 5.02 Å². The molecule has 2 saturated heterocycles. The molecule has 3 fully saturated rings. The highest BCUT2D eigenvalue weighted by Gasteiger charge is 2.52. The molecule has 3 amide bonds. The highest BCUT2D eigenvalue weighted by atomic mass is 35.5. The van der Waals surface area contributed by atoms with E-state index in [9.17, 15) is 9.59 Å². The van der Waals surface area contributed by atoms with Crippen LogP contribution in [0.15, 0.2) is 24.3 Å². The van der Waals surface area contributed by atoms with Crippen LogP contribution in [0.5, 0.6) is 0 Å². The highest BCUT2D eigenvalue weighted by molar-refractivity contribution is 6.30. The molecule has 1 aromatic carbocycles. The summed E-state index contributed by atoms with van der Waals surface area (Å²) in [5.41, 5.74) is 0.518. The van der Waals surface area contributed by atoms with E-state index in [2.05, 4.69) is 16.3 Å². The first-order valence-corrected chi connectivity index (χ1v) is 9.93. The molecule has 4 rings (SSSR count). The van der Waals surface area contributed by atoms with Crippen molar-refractivity contribution in [3.8, 4) is 0 Å². The van der Waals surface area contributed by atoms with Crippen LogP contribution in [0.3, 0.4) is 0 Å².